The minimum absolute atomic E-state index is 0.530. The lowest BCUT2D eigenvalue weighted by Crippen LogP contribution is -2.34. The van der Waals surface area contributed by atoms with Gasteiger partial charge in [-0.25, -0.2) is 0 Å². The smallest absolute Gasteiger partial charge is 0.118 e. The molecule has 2 nitrogen and oxygen atoms in total. The second-order valence-electron chi connectivity index (χ2n) is 5.74. The van der Waals surface area contributed by atoms with E-state index >= 15 is 0 Å². The van der Waals surface area contributed by atoms with Gasteiger partial charge in [-0.15, -0.1) is 0 Å². The van der Waals surface area contributed by atoms with Crippen molar-refractivity contribution in [1.29, 1.82) is 0 Å². The van der Waals surface area contributed by atoms with Crippen LogP contribution in [0.4, 0.5) is 0 Å². The molecule has 1 aromatic carbocycles. The Balaban J connectivity index is 1.70. The largest absolute Gasteiger partial charge is 0.497 e. The maximum absolute atomic E-state index is 5.25. The number of benzene rings is 1. The van der Waals surface area contributed by atoms with Gasteiger partial charge in [0.1, 0.15) is 5.75 Å². The van der Waals surface area contributed by atoms with Crippen LogP contribution >= 0.6 is 0 Å². The highest BCUT2D eigenvalue weighted by molar-refractivity contribution is 5.30. The molecule has 3 rings (SSSR count). The molecule has 0 aromatic heterocycles. The van der Waals surface area contributed by atoms with Gasteiger partial charge in [0.25, 0.3) is 0 Å². The highest BCUT2D eigenvalue weighted by Crippen LogP contribution is 2.42. The summed E-state index contributed by atoms with van der Waals surface area (Å²) < 4.78 is 5.25. The molecule has 0 aliphatic heterocycles. The average Bonchev–Trinajstić information content (AvgIpc) is 3.31. The van der Waals surface area contributed by atoms with Gasteiger partial charge in [-0.05, 0) is 55.7 Å². The minimum atomic E-state index is 0.530. The van der Waals surface area contributed by atoms with E-state index in [2.05, 4.69) is 41.7 Å². The Morgan fingerprint density at radius 1 is 1.11 bits per heavy atom. The molecule has 1 fully saturated rings. The number of allylic oxidation sites excluding steroid dienone is 1. The fraction of sp³-hybridized carbons (Fsp3) is 0.529. The molecule has 0 amide bonds. The first-order chi connectivity index (χ1) is 9.36. The molecule has 2 unspecified atom stereocenters. The minimum Gasteiger partial charge on any atom is -0.497 e. The van der Waals surface area contributed by atoms with Crippen molar-refractivity contribution in [3.05, 3.63) is 42.0 Å². The van der Waals surface area contributed by atoms with E-state index in [4.69, 9.17) is 4.74 Å². The van der Waals surface area contributed by atoms with Crippen LogP contribution in [0.3, 0.4) is 0 Å². The summed E-state index contributed by atoms with van der Waals surface area (Å²) in [4.78, 5) is 0. The Morgan fingerprint density at radius 3 is 2.47 bits per heavy atom. The van der Waals surface area contributed by atoms with Gasteiger partial charge in [0, 0.05) is 12.1 Å². The molecule has 2 aliphatic carbocycles. The summed E-state index contributed by atoms with van der Waals surface area (Å²) in [6.07, 6.45) is 11.0. The van der Waals surface area contributed by atoms with E-state index in [1.807, 2.05) is 0 Å². The molecule has 1 N–H and O–H groups in total. The number of hydrogen-bond acceptors (Lipinski definition) is 2. The first kappa shape index (κ1) is 12.7. The van der Waals surface area contributed by atoms with E-state index in [1.54, 1.807) is 7.11 Å². The van der Waals surface area contributed by atoms with E-state index in [-0.39, 0.29) is 0 Å². The zero-order valence-corrected chi connectivity index (χ0v) is 11.6. The van der Waals surface area contributed by atoms with Crippen LogP contribution < -0.4 is 10.1 Å². The molecule has 0 saturated heterocycles. The summed E-state index contributed by atoms with van der Waals surface area (Å²) >= 11 is 0. The quantitative estimate of drug-likeness (QED) is 0.809. The number of rotatable bonds is 5. The third kappa shape index (κ3) is 3.19. The maximum atomic E-state index is 5.25. The van der Waals surface area contributed by atoms with Gasteiger partial charge in [-0.1, -0.05) is 24.3 Å². The lowest BCUT2D eigenvalue weighted by atomic mass is 9.96. The van der Waals surface area contributed by atoms with Crippen molar-refractivity contribution in [2.24, 2.45) is 5.92 Å². The van der Waals surface area contributed by atoms with Crippen LogP contribution in [0.5, 0.6) is 5.75 Å². The van der Waals surface area contributed by atoms with Gasteiger partial charge in [-0.2, -0.15) is 0 Å². The van der Waals surface area contributed by atoms with Crippen LogP contribution in [0.15, 0.2) is 36.4 Å². The number of methoxy groups -OCH3 is 1. The van der Waals surface area contributed by atoms with E-state index in [1.165, 1.54) is 37.7 Å². The molecule has 0 bridgehead atoms. The Bertz CT molecular complexity index is 433. The third-order valence-electron chi connectivity index (χ3n) is 4.25. The molecular weight excluding hydrogens is 234 g/mol. The van der Waals surface area contributed by atoms with Crippen molar-refractivity contribution < 1.29 is 4.74 Å². The molecule has 19 heavy (non-hydrogen) atoms. The maximum Gasteiger partial charge on any atom is 0.118 e. The van der Waals surface area contributed by atoms with Gasteiger partial charge in [0.2, 0.25) is 0 Å². The molecule has 1 aromatic rings. The summed E-state index contributed by atoms with van der Waals surface area (Å²) in [7, 11) is 1.72. The lowest BCUT2D eigenvalue weighted by Gasteiger charge is -2.27. The van der Waals surface area contributed by atoms with Crippen molar-refractivity contribution in [3.63, 3.8) is 0 Å². The summed E-state index contributed by atoms with van der Waals surface area (Å²) in [5.74, 6) is 1.78. The molecule has 1 saturated carbocycles. The zero-order valence-electron chi connectivity index (χ0n) is 11.6. The second kappa shape index (κ2) is 5.79. The third-order valence-corrected chi connectivity index (χ3v) is 4.25. The highest BCUT2D eigenvalue weighted by atomic mass is 16.5. The van der Waals surface area contributed by atoms with Crippen molar-refractivity contribution in [2.75, 3.05) is 7.11 Å². The molecule has 2 aliphatic rings. The predicted molar refractivity (Wildman–Crippen MR) is 78.4 cm³/mol. The first-order valence-corrected chi connectivity index (χ1v) is 7.42. The van der Waals surface area contributed by atoms with Crippen molar-refractivity contribution in [1.82, 2.24) is 5.32 Å². The SMILES string of the molecule is COc1ccc(C(NC2CC=CCC2)C2CC2)cc1. The van der Waals surface area contributed by atoms with Crippen LogP contribution in [0.1, 0.15) is 43.7 Å². The van der Waals surface area contributed by atoms with E-state index < -0.39 is 0 Å². The molecule has 2 atom stereocenters. The Kier molecular flexibility index (Phi) is 3.88. The average molecular weight is 257 g/mol. The second-order valence-corrected chi connectivity index (χ2v) is 5.74. The standard InChI is InChI=1S/C17H23NO/c1-19-16-11-9-14(10-12-16)17(13-7-8-13)18-15-5-3-2-4-6-15/h2-3,9-13,15,17-18H,4-8H2,1H3. The van der Waals surface area contributed by atoms with E-state index in [0.29, 0.717) is 12.1 Å². The highest BCUT2D eigenvalue weighted by Gasteiger charge is 2.33. The van der Waals surface area contributed by atoms with Crippen LogP contribution in [0.25, 0.3) is 0 Å². The monoisotopic (exact) mass is 257 g/mol. The van der Waals surface area contributed by atoms with Gasteiger partial charge in [0.05, 0.1) is 7.11 Å². The van der Waals surface area contributed by atoms with Crippen LogP contribution in [0, 0.1) is 5.92 Å². The molecule has 2 heteroatoms. The van der Waals surface area contributed by atoms with Gasteiger partial charge in [-0.3, -0.25) is 0 Å². The summed E-state index contributed by atoms with van der Waals surface area (Å²) in [5, 5.41) is 3.88. The zero-order chi connectivity index (χ0) is 13.1. The van der Waals surface area contributed by atoms with Gasteiger partial charge >= 0.3 is 0 Å². The fourth-order valence-electron chi connectivity index (χ4n) is 2.94. The molecule has 0 radical (unpaired) electrons. The Labute approximate surface area is 115 Å². The lowest BCUT2D eigenvalue weighted by molar-refractivity contribution is 0.381. The van der Waals surface area contributed by atoms with E-state index in [0.717, 1.165) is 11.7 Å². The Hall–Kier alpha value is -1.28. The van der Waals surface area contributed by atoms with Gasteiger partial charge in [0.15, 0.2) is 0 Å². The molecule has 0 spiro atoms. The normalized spacial score (nSPS) is 24.2. The number of nitrogens with one attached hydrogen (secondary N) is 1. The Morgan fingerprint density at radius 2 is 1.89 bits per heavy atom. The van der Waals surface area contributed by atoms with Crippen molar-refractivity contribution in [3.8, 4) is 5.75 Å². The van der Waals surface area contributed by atoms with Crippen LogP contribution in [0.2, 0.25) is 0 Å². The van der Waals surface area contributed by atoms with Gasteiger partial charge < -0.3 is 10.1 Å². The molecule has 0 heterocycles. The first-order valence-electron chi connectivity index (χ1n) is 7.42. The number of ether oxygens (including phenoxy) is 1. The summed E-state index contributed by atoms with van der Waals surface area (Å²) in [6, 6.07) is 9.77. The van der Waals surface area contributed by atoms with Crippen LogP contribution in [-0.4, -0.2) is 13.2 Å². The number of hydrogen-bond donors (Lipinski definition) is 1. The summed E-state index contributed by atoms with van der Waals surface area (Å²) in [5.41, 5.74) is 1.41. The van der Waals surface area contributed by atoms with E-state index in [9.17, 15) is 0 Å². The summed E-state index contributed by atoms with van der Waals surface area (Å²) in [6.45, 7) is 0. The van der Waals surface area contributed by atoms with Crippen molar-refractivity contribution in [2.45, 2.75) is 44.2 Å². The molecule has 102 valence electrons. The fourth-order valence-corrected chi connectivity index (χ4v) is 2.94. The molecular formula is C17H23NO. The van der Waals surface area contributed by atoms with Crippen molar-refractivity contribution >= 4 is 0 Å². The van der Waals surface area contributed by atoms with Crippen LogP contribution in [-0.2, 0) is 0 Å². The topological polar surface area (TPSA) is 21.3 Å². The predicted octanol–water partition coefficient (Wildman–Crippen LogP) is 3.84.